The Kier molecular flexibility index (Phi) is 6.19. The zero-order valence-corrected chi connectivity index (χ0v) is 8.53. The minimum atomic E-state index is -1.04. The highest BCUT2D eigenvalue weighted by Gasteiger charge is 2.16. The van der Waals surface area contributed by atoms with Crippen LogP contribution in [0.3, 0.4) is 0 Å². The van der Waals surface area contributed by atoms with Crippen molar-refractivity contribution in [2.45, 2.75) is 20.3 Å². The van der Waals surface area contributed by atoms with Crippen LogP contribution in [0.15, 0.2) is 11.8 Å². The summed E-state index contributed by atoms with van der Waals surface area (Å²) in [4.78, 5) is 21.8. The van der Waals surface area contributed by atoms with Crippen LogP contribution in [0.4, 0.5) is 4.79 Å². The fourth-order valence-corrected chi connectivity index (χ4v) is 0.710. The molecule has 0 aliphatic heterocycles. The van der Waals surface area contributed by atoms with Gasteiger partial charge in [-0.15, -0.1) is 0 Å². The Morgan fingerprint density at radius 2 is 1.93 bits per heavy atom. The third-order valence-electron chi connectivity index (χ3n) is 1.23. The van der Waals surface area contributed by atoms with Gasteiger partial charge in [-0.1, -0.05) is 6.92 Å². The number of esters is 1. The normalized spacial score (nSPS) is 10.6. The third kappa shape index (κ3) is 4.49. The van der Waals surface area contributed by atoms with Crippen molar-refractivity contribution >= 4 is 12.1 Å². The summed E-state index contributed by atoms with van der Waals surface area (Å²) in [7, 11) is 1.12. The predicted molar refractivity (Wildman–Crippen MR) is 48.5 cm³/mol. The molecule has 5 nitrogen and oxygen atoms in total. The fraction of sp³-hybridized carbons (Fsp3) is 0.556. The van der Waals surface area contributed by atoms with E-state index >= 15 is 0 Å². The Balaban J connectivity index is 4.29. The van der Waals surface area contributed by atoms with Gasteiger partial charge >= 0.3 is 12.1 Å². The lowest BCUT2D eigenvalue weighted by molar-refractivity contribution is -0.139. The van der Waals surface area contributed by atoms with Gasteiger partial charge in [0.05, 0.1) is 13.7 Å². The van der Waals surface area contributed by atoms with Crippen LogP contribution in [-0.2, 0) is 19.0 Å². The average molecular weight is 202 g/mol. The SMILES string of the molecule is CCC=C(OCC)C(=O)OC(=O)OC. The molecule has 0 aromatic carbocycles. The molecule has 0 fully saturated rings. The maximum atomic E-state index is 11.2. The maximum absolute atomic E-state index is 11.2. The largest absolute Gasteiger partial charge is 0.516 e. The topological polar surface area (TPSA) is 61.8 Å². The molecule has 0 saturated carbocycles. The molecule has 0 saturated heterocycles. The molecule has 5 heteroatoms. The third-order valence-corrected chi connectivity index (χ3v) is 1.23. The molecule has 0 aliphatic rings. The lowest BCUT2D eigenvalue weighted by Crippen LogP contribution is -2.16. The lowest BCUT2D eigenvalue weighted by Gasteiger charge is -2.06. The zero-order chi connectivity index (χ0) is 11.0. The summed E-state index contributed by atoms with van der Waals surface area (Å²) in [6.07, 6.45) is 1.11. The number of hydrogen-bond acceptors (Lipinski definition) is 5. The molecular weight excluding hydrogens is 188 g/mol. The molecule has 0 amide bonds. The number of methoxy groups -OCH3 is 1. The summed E-state index contributed by atoms with van der Waals surface area (Å²) >= 11 is 0. The number of rotatable bonds is 4. The van der Waals surface area contributed by atoms with Crippen molar-refractivity contribution in [2.75, 3.05) is 13.7 Å². The smallest absolute Gasteiger partial charge is 0.487 e. The molecule has 0 N–H and O–H groups in total. The van der Waals surface area contributed by atoms with Crippen molar-refractivity contribution in [1.29, 1.82) is 0 Å². The first-order valence-electron chi connectivity index (χ1n) is 4.28. The van der Waals surface area contributed by atoms with Gasteiger partial charge in [0, 0.05) is 0 Å². The summed E-state index contributed by atoms with van der Waals surface area (Å²) in [5.41, 5.74) is 0. The van der Waals surface area contributed by atoms with E-state index in [1.165, 1.54) is 6.08 Å². The van der Waals surface area contributed by atoms with Crippen molar-refractivity contribution < 1.29 is 23.8 Å². The molecule has 0 aromatic rings. The van der Waals surface area contributed by atoms with Gasteiger partial charge in [0.1, 0.15) is 0 Å². The van der Waals surface area contributed by atoms with Crippen LogP contribution >= 0.6 is 0 Å². The highest BCUT2D eigenvalue weighted by molar-refractivity contribution is 5.92. The van der Waals surface area contributed by atoms with Crippen LogP contribution in [0.25, 0.3) is 0 Å². The van der Waals surface area contributed by atoms with Gasteiger partial charge in [-0.25, -0.2) is 9.59 Å². The fourth-order valence-electron chi connectivity index (χ4n) is 0.710. The molecule has 0 atom stereocenters. The minimum Gasteiger partial charge on any atom is -0.487 e. The van der Waals surface area contributed by atoms with Gasteiger partial charge in [0.2, 0.25) is 5.76 Å². The molecule has 0 bridgehead atoms. The Morgan fingerprint density at radius 3 is 2.36 bits per heavy atom. The van der Waals surface area contributed by atoms with E-state index < -0.39 is 12.1 Å². The molecule has 0 heterocycles. The van der Waals surface area contributed by atoms with Crippen LogP contribution in [0.2, 0.25) is 0 Å². The molecule has 0 aromatic heterocycles. The van der Waals surface area contributed by atoms with E-state index in [0.29, 0.717) is 13.0 Å². The highest BCUT2D eigenvalue weighted by Crippen LogP contribution is 2.03. The molecule has 0 aliphatic carbocycles. The molecular formula is C9H14O5. The van der Waals surface area contributed by atoms with Crippen LogP contribution < -0.4 is 0 Å². The van der Waals surface area contributed by atoms with Crippen molar-refractivity contribution in [2.24, 2.45) is 0 Å². The second-order valence-corrected chi connectivity index (χ2v) is 2.25. The Morgan fingerprint density at radius 1 is 1.29 bits per heavy atom. The highest BCUT2D eigenvalue weighted by atomic mass is 16.7. The minimum absolute atomic E-state index is 0.0281. The maximum Gasteiger partial charge on any atom is 0.516 e. The van der Waals surface area contributed by atoms with Crippen LogP contribution in [0.1, 0.15) is 20.3 Å². The first-order valence-corrected chi connectivity index (χ1v) is 4.28. The zero-order valence-electron chi connectivity index (χ0n) is 8.53. The van der Waals surface area contributed by atoms with Gasteiger partial charge < -0.3 is 14.2 Å². The van der Waals surface area contributed by atoms with Crippen LogP contribution in [0, 0.1) is 0 Å². The number of carbonyl (C=O) groups excluding carboxylic acids is 2. The lowest BCUT2D eigenvalue weighted by atomic mass is 10.4. The second kappa shape index (κ2) is 6.94. The van der Waals surface area contributed by atoms with Gasteiger partial charge in [0.25, 0.3) is 0 Å². The summed E-state index contributed by atoms with van der Waals surface area (Å²) in [6.45, 7) is 3.90. The average Bonchev–Trinajstić information content (AvgIpc) is 2.17. The first kappa shape index (κ1) is 12.5. The summed E-state index contributed by atoms with van der Waals surface area (Å²) in [5, 5.41) is 0. The van der Waals surface area contributed by atoms with E-state index in [9.17, 15) is 9.59 Å². The summed E-state index contributed by atoms with van der Waals surface area (Å²) < 4.78 is 13.4. The van der Waals surface area contributed by atoms with Crippen molar-refractivity contribution in [3.05, 3.63) is 11.8 Å². The summed E-state index contributed by atoms with van der Waals surface area (Å²) in [6, 6.07) is 0. The molecule has 0 spiro atoms. The van der Waals surface area contributed by atoms with Gasteiger partial charge in [-0.2, -0.15) is 0 Å². The molecule has 80 valence electrons. The molecule has 0 rings (SSSR count). The quantitative estimate of drug-likeness (QED) is 0.300. The van der Waals surface area contributed by atoms with Crippen molar-refractivity contribution in [1.82, 2.24) is 0 Å². The number of hydrogen-bond donors (Lipinski definition) is 0. The first-order chi connectivity index (χ1) is 6.65. The molecule has 14 heavy (non-hydrogen) atoms. The van der Waals surface area contributed by atoms with Crippen LogP contribution in [0.5, 0.6) is 0 Å². The van der Waals surface area contributed by atoms with Crippen molar-refractivity contribution in [3.8, 4) is 0 Å². The standard InChI is InChI=1S/C9H14O5/c1-4-6-7(13-5-2)8(10)14-9(11)12-3/h6H,4-5H2,1-3H3. The van der Waals surface area contributed by atoms with Crippen molar-refractivity contribution in [3.63, 3.8) is 0 Å². The van der Waals surface area contributed by atoms with Gasteiger partial charge in [-0.3, -0.25) is 0 Å². The second-order valence-electron chi connectivity index (χ2n) is 2.25. The van der Waals surface area contributed by atoms with E-state index in [2.05, 4.69) is 9.47 Å². The summed E-state index contributed by atoms with van der Waals surface area (Å²) in [5.74, 6) is -0.805. The van der Waals surface area contributed by atoms with E-state index in [1.807, 2.05) is 6.92 Å². The molecule has 0 radical (unpaired) electrons. The number of ether oxygens (including phenoxy) is 3. The molecule has 0 unspecified atom stereocenters. The van der Waals surface area contributed by atoms with Crippen LogP contribution in [-0.4, -0.2) is 25.8 Å². The van der Waals surface area contributed by atoms with E-state index in [1.54, 1.807) is 6.92 Å². The number of carbonyl (C=O) groups is 2. The Hall–Kier alpha value is -1.52. The van der Waals surface area contributed by atoms with E-state index in [0.717, 1.165) is 7.11 Å². The van der Waals surface area contributed by atoms with E-state index in [4.69, 9.17) is 4.74 Å². The Labute approximate surface area is 82.6 Å². The van der Waals surface area contributed by atoms with Gasteiger partial charge in [0.15, 0.2) is 0 Å². The number of allylic oxidation sites excluding steroid dienone is 1. The van der Waals surface area contributed by atoms with Gasteiger partial charge in [-0.05, 0) is 19.4 Å². The van der Waals surface area contributed by atoms with E-state index in [-0.39, 0.29) is 5.76 Å². The Bertz CT molecular complexity index is 231. The predicted octanol–water partition coefficient (Wildman–Crippen LogP) is 1.63. The monoisotopic (exact) mass is 202 g/mol.